The number of ether oxygens (including phenoxy) is 1. The highest BCUT2D eigenvalue weighted by molar-refractivity contribution is 5.82. The van der Waals surface area contributed by atoms with Crippen LogP contribution in [0.15, 0.2) is 36.1 Å². The zero-order valence-electron chi connectivity index (χ0n) is 32.7. The molecule has 0 aromatic carbocycles. The van der Waals surface area contributed by atoms with Crippen LogP contribution in [0, 0.1) is 5.92 Å². The Morgan fingerprint density at radius 3 is 1.02 bits per heavy atom. The Kier molecular flexibility index (Phi) is 34.4. The van der Waals surface area contributed by atoms with Gasteiger partial charge < -0.3 is 4.74 Å². The number of unbranched alkanes of at least 4 members (excludes halogenated alkanes) is 31. The number of rotatable bonds is 38. The van der Waals surface area contributed by atoms with E-state index in [4.69, 9.17) is 4.74 Å². The molecule has 0 spiro atoms. The summed E-state index contributed by atoms with van der Waals surface area (Å²) in [7, 11) is 0. The van der Waals surface area contributed by atoms with E-state index in [1.165, 1.54) is 218 Å². The van der Waals surface area contributed by atoms with Crippen LogP contribution < -0.4 is 0 Å². The fourth-order valence-corrected chi connectivity index (χ4v) is 7.05. The van der Waals surface area contributed by atoms with E-state index in [2.05, 4.69) is 44.2 Å². The van der Waals surface area contributed by atoms with Gasteiger partial charge in [-0.25, -0.2) is 0 Å². The maximum Gasteiger partial charge on any atom is 0.321 e. The predicted octanol–water partition coefficient (Wildman–Crippen LogP) is 16.2. The molecule has 1 aliphatic heterocycles. The summed E-state index contributed by atoms with van der Waals surface area (Å²) >= 11 is 0. The van der Waals surface area contributed by atoms with Crippen LogP contribution in [-0.2, 0) is 9.53 Å². The number of cyclic esters (lactones) is 1. The van der Waals surface area contributed by atoms with Crippen molar-refractivity contribution >= 4 is 5.97 Å². The highest BCUT2D eigenvalue weighted by Crippen LogP contribution is 2.32. The first-order valence-corrected chi connectivity index (χ1v) is 22.0. The molecular formula is C46H84O2. The van der Waals surface area contributed by atoms with Crippen molar-refractivity contribution in [1.29, 1.82) is 0 Å². The first-order chi connectivity index (χ1) is 23.8. The summed E-state index contributed by atoms with van der Waals surface area (Å²) in [5, 5.41) is 0. The second-order valence-corrected chi connectivity index (χ2v) is 15.2. The molecule has 0 saturated carbocycles. The third kappa shape index (κ3) is 29.6. The van der Waals surface area contributed by atoms with Crippen molar-refractivity contribution < 1.29 is 9.53 Å². The van der Waals surface area contributed by atoms with Crippen LogP contribution in [0.1, 0.15) is 245 Å². The molecule has 0 aromatic heterocycles. The van der Waals surface area contributed by atoms with Gasteiger partial charge in [-0.2, -0.15) is 0 Å². The zero-order valence-corrected chi connectivity index (χ0v) is 32.7. The van der Waals surface area contributed by atoms with E-state index in [9.17, 15) is 4.79 Å². The molecule has 0 aromatic rings. The van der Waals surface area contributed by atoms with Gasteiger partial charge in [-0.3, -0.25) is 4.79 Å². The van der Waals surface area contributed by atoms with E-state index in [0.29, 0.717) is 0 Å². The summed E-state index contributed by atoms with van der Waals surface area (Å²) < 4.78 is 5.40. The number of hydrogen-bond acceptors (Lipinski definition) is 2. The highest BCUT2D eigenvalue weighted by Gasteiger charge is 2.36. The van der Waals surface area contributed by atoms with Gasteiger partial charge in [-0.1, -0.05) is 199 Å². The number of carbonyl (C=O) groups excluding carboxylic acids is 1. The summed E-state index contributed by atoms with van der Waals surface area (Å²) in [6.45, 7) is 4.57. The molecule has 2 nitrogen and oxygen atoms in total. The minimum absolute atomic E-state index is 0.0174. The fraction of sp³-hybridized carbons (Fsp3) is 0.848. The summed E-state index contributed by atoms with van der Waals surface area (Å²) in [5.41, 5.74) is 0. The van der Waals surface area contributed by atoms with Crippen molar-refractivity contribution in [2.24, 2.45) is 5.92 Å². The molecule has 1 atom stereocenters. The van der Waals surface area contributed by atoms with Gasteiger partial charge in [0.15, 0.2) is 0 Å². The van der Waals surface area contributed by atoms with E-state index < -0.39 is 0 Å². The van der Waals surface area contributed by atoms with Gasteiger partial charge >= 0.3 is 5.97 Å². The maximum atomic E-state index is 12.0. The SMILES string of the molecule is CCCCCCC/C=C/CCCCCCCCCCCC/C=C1/OC(=O)C1CCCCCCCCCCCC/C=C/CCCCCCC. The Labute approximate surface area is 301 Å². The van der Waals surface area contributed by atoms with Crippen molar-refractivity contribution in [3.8, 4) is 0 Å². The third-order valence-electron chi connectivity index (χ3n) is 10.4. The van der Waals surface area contributed by atoms with Crippen molar-refractivity contribution in [2.75, 3.05) is 0 Å². The van der Waals surface area contributed by atoms with Crippen LogP contribution >= 0.6 is 0 Å². The molecule has 0 N–H and O–H groups in total. The molecular weight excluding hydrogens is 585 g/mol. The van der Waals surface area contributed by atoms with Gasteiger partial charge in [0.25, 0.3) is 0 Å². The smallest absolute Gasteiger partial charge is 0.321 e. The number of esters is 1. The largest absolute Gasteiger partial charge is 0.430 e. The average Bonchev–Trinajstić information content (AvgIpc) is 3.09. The lowest BCUT2D eigenvalue weighted by molar-refractivity contribution is -0.157. The Morgan fingerprint density at radius 1 is 0.396 bits per heavy atom. The molecule has 1 fully saturated rings. The van der Waals surface area contributed by atoms with Crippen molar-refractivity contribution in [1.82, 2.24) is 0 Å². The molecule has 1 rings (SSSR count). The monoisotopic (exact) mass is 669 g/mol. The molecule has 48 heavy (non-hydrogen) atoms. The topological polar surface area (TPSA) is 26.3 Å². The molecule has 0 bridgehead atoms. The second kappa shape index (κ2) is 37.0. The Morgan fingerprint density at radius 2 is 0.688 bits per heavy atom. The minimum atomic E-state index is 0.0174. The van der Waals surface area contributed by atoms with E-state index in [1.54, 1.807) is 0 Å². The lowest BCUT2D eigenvalue weighted by Crippen LogP contribution is -2.32. The van der Waals surface area contributed by atoms with Crippen molar-refractivity contribution in [2.45, 2.75) is 245 Å². The van der Waals surface area contributed by atoms with Gasteiger partial charge in [-0.05, 0) is 76.7 Å². The van der Waals surface area contributed by atoms with E-state index in [1.807, 2.05) is 0 Å². The molecule has 1 unspecified atom stereocenters. The molecule has 1 heterocycles. The van der Waals surface area contributed by atoms with E-state index >= 15 is 0 Å². The summed E-state index contributed by atoms with van der Waals surface area (Å²) in [6.07, 6.45) is 60.1. The average molecular weight is 669 g/mol. The van der Waals surface area contributed by atoms with Gasteiger partial charge in [-0.15, -0.1) is 0 Å². The Hall–Kier alpha value is -1.31. The van der Waals surface area contributed by atoms with Gasteiger partial charge in [0.05, 0.1) is 0 Å². The van der Waals surface area contributed by atoms with Crippen LogP contribution in [0.5, 0.6) is 0 Å². The first kappa shape index (κ1) is 44.7. The number of hydrogen-bond donors (Lipinski definition) is 0. The highest BCUT2D eigenvalue weighted by atomic mass is 16.6. The lowest BCUT2D eigenvalue weighted by Gasteiger charge is -2.28. The van der Waals surface area contributed by atoms with Crippen LogP contribution in [0.4, 0.5) is 0 Å². The quantitative estimate of drug-likeness (QED) is 0.0372. The third-order valence-corrected chi connectivity index (χ3v) is 10.4. The molecule has 0 aliphatic carbocycles. The zero-order chi connectivity index (χ0) is 34.4. The molecule has 2 heteroatoms. The van der Waals surface area contributed by atoms with E-state index in [-0.39, 0.29) is 11.9 Å². The molecule has 280 valence electrons. The predicted molar refractivity (Wildman–Crippen MR) is 214 cm³/mol. The maximum absolute atomic E-state index is 12.0. The van der Waals surface area contributed by atoms with Crippen molar-refractivity contribution in [3.63, 3.8) is 0 Å². The lowest BCUT2D eigenvalue weighted by atomic mass is 9.93. The standard InChI is InChI=1S/C46H84O2/c1-3-5-7-9-11-13-15-17-19-21-23-25-27-29-31-33-35-37-39-41-43-45-44(46(47)48-45)42-40-38-36-34-32-30-28-26-24-22-20-18-16-14-12-10-8-6-4-2/h15-18,43-44H,3-14,19-42H2,1-2H3/b17-15+,18-16+,45-43+. The first-order valence-electron chi connectivity index (χ1n) is 22.0. The summed E-state index contributed by atoms with van der Waals surface area (Å²) in [5.74, 6) is 1.07. The molecule has 1 aliphatic rings. The van der Waals surface area contributed by atoms with Crippen molar-refractivity contribution in [3.05, 3.63) is 36.1 Å². The van der Waals surface area contributed by atoms with Crippen LogP contribution in [0.3, 0.4) is 0 Å². The van der Waals surface area contributed by atoms with E-state index in [0.717, 1.165) is 18.6 Å². The second-order valence-electron chi connectivity index (χ2n) is 15.2. The molecule has 1 saturated heterocycles. The number of allylic oxidation sites excluding steroid dienone is 5. The van der Waals surface area contributed by atoms with Gasteiger partial charge in [0, 0.05) is 0 Å². The molecule has 0 amide bonds. The Bertz CT molecular complexity index is 762. The molecule has 0 radical (unpaired) electrons. The Balaban J connectivity index is 1.82. The van der Waals surface area contributed by atoms with Crippen LogP contribution in [-0.4, -0.2) is 5.97 Å². The fourth-order valence-electron chi connectivity index (χ4n) is 7.05. The van der Waals surface area contributed by atoms with Crippen LogP contribution in [0.2, 0.25) is 0 Å². The summed E-state index contributed by atoms with van der Waals surface area (Å²) in [6, 6.07) is 0. The van der Waals surface area contributed by atoms with Crippen LogP contribution in [0.25, 0.3) is 0 Å². The number of carbonyl (C=O) groups is 1. The van der Waals surface area contributed by atoms with Gasteiger partial charge in [0.1, 0.15) is 11.7 Å². The minimum Gasteiger partial charge on any atom is -0.430 e. The summed E-state index contributed by atoms with van der Waals surface area (Å²) in [4.78, 5) is 12.0. The van der Waals surface area contributed by atoms with Gasteiger partial charge in [0.2, 0.25) is 0 Å². The normalized spacial score (nSPS) is 15.7.